The molecule has 0 atom stereocenters. The van der Waals surface area contributed by atoms with Crippen LogP contribution in [0.4, 0.5) is 5.69 Å². The predicted octanol–water partition coefficient (Wildman–Crippen LogP) is 4.48. The number of aryl methyl sites for hydroxylation is 1. The van der Waals surface area contributed by atoms with Gasteiger partial charge in [-0.2, -0.15) is 0 Å². The Morgan fingerprint density at radius 3 is 2.63 bits per heavy atom. The van der Waals surface area contributed by atoms with Gasteiger partial charge in [-0.05, 0) is 49.4 Å². The van der Waals surface area contributed by atoms with Crippen molar-refractivity contribution in [1.82, 2.24) is 4.90 Å². The number of nitrogens with one attached hydrogen (secondary N) is 1. The maximum absolute atomic E-state index is 12.3. The van der Waals surface area contributed by atoms with E-state index in [4.69, 9.17) is 27.6 Å². The number of para-hydroxylation sites is 1. The topological polar surface area (TPSA) is 62.6 Å². The molecule has 3 aromatic rings. The van der Waals surface area contributed by atoms with Gasteiger partial charge in [0.1, 0.15) is 5.58 Å². The maximum atomic E-state index is 12.3. The highest BCUT2D eigenvalue weighted by atomic mass is 35.5. The molecule has 7 heteroatoms. The van der Waals surface area contributed by atoms with Crippen LogP contribution < -0.4 is 10.9 Å². The first-order chi connectivity index (χ1) is 12.8. The maximum Gasteiger partial charge on any atom is 0.336 e. The van der Waals surface area contributed by atoms with E-state index >= 15 is 0 Å². The van der Waals surface area contributed by atoms with Gasteiger partial charge in [0, 0.05) is 23.0 Å². The summed E-state index contributed by atoms with van der Waals surface area (Å²) in [4.78, 5) is 26.0. The first-order valence-electron chi connectivity index (χ1n) is 8.29. The van der Waals surface area contributed by atoms with Crippen molar-refractivity contribution in [2.75, 3.05) is 18.9 Å². The number of benzene rings is 2. The Balaban J connectivity index is 1.77. The number of amides is 1. The van der Waals surface area contributed by atoms with Crippen molar-refractivity contribution in [2.24, 2.45) is 0 Å². The van der Waals surface area contributed by atoms with Crippen molar-refractivity contribution in [3.05, 3.63) is 74.1 Å². The molecule has 0 saturated carbocycles. The molecule has 140 valence electrons. The summed E-state index contributed by atoms with van der Waals surface area (Å²) in [5.41, 5.74) is 2.18. The summed E-state index contributed by atoms with van der Waals surface area (Å²) < 4.78 is 5.27. The Morgan fingerprint density at radius 1 is 1.15 bits per heavy atom. The first-order valence-corrected chi connectivity index (χ1v) is 9.05. The molecule has 0 fully saturated rings. The number of anilines is 1. The van der Waals surface area contributed by atoms with Crippen molar-refractivity contribution in [3.8, 4) is 0 Å². The number of fused-ring (bicyclic) bond motifs is 1. The molecule has 27 heavy (non-hydrogen) atoms. The van der Waals surface area contributed by atoms with Gasteiger partial charge >= 0.3 is 5.63 Å². The molecule has 0 aliphatic carbocycles. The third kappa shape index (κ3) is 4.69. The van der Waals surface area contributed by atoms with Gasteiger partial charge in [0.25, 0.3) is 0 Å². The van der Waals surface area contributed by atoms with Crippen LogP contribution in [-0.2, 0) is 11.3 Å². The van der Waals surface area contributed by atoms with E-state index in [-0.39, 0.29) is 12.5 Å². The number of hydrogen-bond donors (Lipinski definition) is 1. The highest BCUT2D eigenvalue weighted by Gasteiger charge is 2.13. The highest BCUT2D eigenvalue weighted by Crippen LogP contribution is 2.26. The fourth-order valence-electron chi connectivity index (χ4n) is 2.82. The van der Waals surface area contributed by atoms with Crippen LogP contribution in [0.1, 0.15) is 11.1 Å². The molecule has 0 bridgehead atoms. The summed E-state index contributed by atoms with van der Waals surface area (Å²) in [5.74, 6) is -0.202. The normalized spacial score (nSPS) is 11.1. The van der Waals surface area contributed by atoms with Crippen molar-refractivity contribution in [1.29, 1.82) is 0 Å². The van der Waals surface area contributed by atoms with E-state index in [0.717, 1.165) is 16.5 Å². The monoisotopic (exact) mass is 404 g/mol. The average Bonchev–Trinajstić information content (AvgIpc) is 2.58. The Bertz CT molecular complexity index is 1060. The molecule has 5 nitrogen and oxygen atoms in total. The molecule has 1 N–H and O–H groups in total. The largest absolute Gasteiger partial charge is 0.423 e. The molecule has 0 aliphatic heterocycles. The smallest absolute Gasteiger partial charge is 0.336 e. The van der Waals surface area contributed by atoms with E-state index < -0.39 is 5.63 Å². The van der Waals surface area contributed by atoms with E-state index in [1.54, 1.807) is 48.3 Å². The molecule has 3 rings (SSSR count). The molecular formula is C20H18Cl2N2O3. The average molecular weight is 405 g/mol. The van der Waals surface area contributed by atoms with E-state index in [0.29, 0.717) is 27.9 Å². The summed E-state index contributed by atoms with van der Waals surface area (Å²) >= 11 is 12.3. The fourth-order valence-corrected chi connectivity index (χ4v) is 3.17. The minimum absolute atomic E-state index is 0.131. The Kier molecular flexibility index (Phi) is 5.85. The van der Waals surface area contributed by atoms with Crippen LogP contribution in [0.2, 0.25) is 10.0 Å². The molecule has 0 radical (unpaired) electrons. The summed E-state index contributed by atoms with van der Waals surface area (Å²) in [6, 6.07) is 12.0. The van der Waals surface area contributed by atoms with E-state index in [2.05, 4.69) is 5.32 Å². The number of carbonyl (C=O) groups excluding carboxylic acids is 1. The van der Waals surface area contributed by atoms with Crippen LogP contribution in [-0.4, -0.2) is 24.4 Å². The number of nitrogens with zero attached hydrogens (tertiary/aromatic N) is 1. The minimum Gasteiger partial charge on any atom is -0.423 e. The molecule has 0 unspecified atom stereocenters. The fraction of sp³-hybridized carbons (Fsp3) is 0.200. The van der Waals surface area contributed by atoms with Crippen LogP contribution in [0.5, 0.6) is 0 Å². The number of halogens is 2. The van der Waals surface area contributed by atoms with Gasteiger partial charge in [-0.25, -0.2) is 4.79 Å². The number of carbonyl (C=O) groups is 1. The Labute approximate surface area is 166 Å². The predicted molar refractivity (Wildman–Crippen MR) is 109 cm³/mol. The van der Waals surface area contributed by atoms with Crippen molar-refractivity contribution < 1.29 is 9.21 Å². The molecule has 2 aromatic carbocycles. The van der Waals surface area contributed by atoms with Crippen LogP contribution in [0.25, 0.3) is 11.0 Å². The zero-order chi connectivity index (χ0) is 19.6. The number of likely N-dealkylation sites (N-methyl/N-ethyl adjacent to an activating group) is 1. The molecule has 0 aliphatic rings. The van der Waals surface area contributed by atoms with Gasteiger partial charge in [0.15, 0.2) is 0 Å². The minimum atomic E-state index is -0.437. The Hall–Kier alpha value is -2.34. The quantitative estimate of drug-likeness (QED) is 0.636. The van der Waals surface area contributed by atoms with Crippen molar-refractivity contribution in [3.63, 3.8) is 0 Å². The molecule has 0 spiro atoms. The van der Waals surface area contributed by atoms with Gasteiger partial charge in [-0.3, -0.25) is 9.69 Å². The standard InChI is InChI=1S/C20H18Cl2N2O3/c1-12-7-18-14(9-16(12)22)13(8-20(26)27-18)10-24(2)11-19(25)23-17-6-4-3-5-15(17)21/h3-9H,10-11H2,1-2H3,(H,23,25). The lowest BCUT2D eigenvalue weighted by Gasteiger charge is -2.17. The second kappa shape index (κ2) is 8.13. The van der Waals surface area contributed by atoms with Crippen molar-refractivity contribution in [2.45, 2.75) is 13.5 Å². The summed E-state index contributed by atoms with van der Waals surface area (Å²) in [7, 11) is 1.79. The van der Waals surface area contributed by atoms with Gasteiger partial charge in [-0.1, -0.05) is 35.3 Å². The molecular weight excluding hydrogens is 387 g/mol. The third-order valence-corrected chi connectivity index (χ3v) is 4.85. The van der Waals surface area contributed by atoms with E-state index in [1.165, 1.54) is 6.07 Å². The zero-order valence-electron chi connectivity index (χ0n) is 14.9. The SMILES string of the molecule is Cc1cc2oc(=O)cc(CN(C)CC(=O)Nc3ccccc3Cl)c2cc1Cl. The van der Waals surface area contributed by atoms with E-state index in [9.17, 15) is 9.59 Å². The van der Waals surface area contributed by atoms with Crippen molar-refractivity contribution >= 4 is 45.8 Å². The molecule has 1 heterocycles. The van der Waals surface area contributed by atoms with Crippen LogP contribution in [0, 0.1) is 6.92 Å². The Morgan fingerprint density at radius 2 is 1.89 bits per heavy atom. The van der Waals surface area contributed by atoms with Crippen LogP contribution in [0.15, 0.2) is 51.7 Å². The van der Waals surface area contributed by atoms with Gasteiger partial charge in [0.05, 0.1) is 17.3 Å². The second-order valence-electron chi connectivity index (χ2n) is 6.39. The zero-order valence-corrected chi connectivity index (χ0v) is 16.4. The summed E-state index contributed by atoms with van der Waals surface area (Å²) in [5, 5.41) is 4.60. The van der Waals surface area contributed by atoms with Gasteiger partial charge < -0.3 is 9.73 Å². The lowest BCUT2D eigenvalue weighted by Crippen LogP contribution is -2.30. The van der Waals surface area contributed by atoms with E-state index in [1.807, 2.05) is 6.92 Å². The molecule has 1 amide bonds. The summed E-state index contributed by atoms with van der Waals surface area (Å²) in [6.07, 6.45) is 0. The number of rotatable bonds is 5. The van der Waals surface area contributed by atoms with Gasteiger partial charge in [0.2, 0.25) is 5.91 Å². The lowest BCUT2D eigenvalue weighted by molar-refractivity contribution is -0.117. The van der Waals surface area contributed by atoms with Crippen LogP contribution in [0.3, 0.4) is 0 Å². The molecule has 0 saturated heterocycles. The third-order valence-electron chi connectivity index (χ3n) is 4.11. The number of hydrogen-bond acceptors (Lipinski definition) is 4. The summed E-state index contributed by atoms with van der Waals surface area (Å²) in [6.45, 7) is 2.36. The first kappa shape index (κ1) is 19.4. The molecule has 1 aromatic heterocycles. The van der Waals surface area contributed by atoms with Crippen LogP contribution >= 0.6 is 23.2 Å². The van der Waals surface area contributed by atoms with Gasteiger partial charge in [-0.15, -0.1) is 0 Å². The lowest BCUT2D eigenvalue weighted by atomic mass is 10.1. The second-order valence-corrected chi connectivity index (χ2v) is 7.20. The highest BCUT2D eigenvalue weighted by molar-refractivity contribution is 6.33.